The highest BCUT2D eigenvalue weighted by atomic mass is 19.1. The number of aromatic amines is 1. The van der Waals surface area contributed by atoms with Crippen LogP contribution in [0.25, 0.3) is 11.3 Å². The van der Waals surface area contributed by atoms with E-state index >= 15 is 0 Å². The maximum atomic E-state index is 13.2. The Bertz CT molecular complexity index is 953. The first-order valence-corrected chi connectivity index (χ1v) is 9.54. The molecule has 2 fully saturated rings. The highest BCUT2D eigenvalue weighted by Crippen LogP contribution is 2.43. The van der Waals surface area contributed by atoms with Gasteiger partial charge in [0.25, 0.3) is 0 Å². The first kappa shape index (κ1) is 17.3. The Morgan fingerprint density at radius 1 is 1.04 bits per heavy atom. The summed E-state index contributed by atoms with van der Waals surface area (Å²) in [4.78, 5) is 4.89. The molecule has 6 heteroatoms. The third kappa shape index (κ3) is 3.03. The van der Waals surface area contributed by atoms with Gasteiger partial charge in [-0.1, -0.05) is 0 Å². The van der Waals surface area contributed by atoms with Crippen LogP contribution in [0.4, 0.5) is 10.1 Å². The summed E-state index contributed by atoms with van der Waals surface area (Å²) in [7, 11) is 1.69. The number of likely N-dealkylation sites (tertiary alicyclic amines) is 1. The van der Waals surface area contributed by atoms with Crippen LogP contribution in [0.2, 0.25) is 0 Å². The van der Waals surface area contributed by atoms with Crippen LogP contribution in [0.15, 0.2) is 54.7 Å². The van der Waals surface area contributed by atoms with Gasteiger partial charge in [-0.25, -0.2) is 4.39 Å². The lowest BCUT2D eigenvalue weighted by Gasteiger charge is -2.61. The maximum Gasteiger partial charge on any atom is 0.123 e. The number of halogens is 1. The molecule has 3 heterocycles. The fourth-order valence-electron chi connectivity index (χ4n) is 4.49. The van der Waals surface area contributed by atoms with Crippen LogP contribution in [0.5, 0.6) is 5.75 Å². The minimum absolute atomic E-state index is 0.221. The molecule has 5 rings (SSSR count). The van der Waals surface area contributed by atoms with Crippen LogP contribution >= 0.6 is 0 Å². The Labute approximate surface area is 163 Å². The van der Waals surface area contributed by atoms with E-state index in [0.717, 1.165) is 55.3 Å². The Balaban J connectivity index is 1.18. The van der Waals surface area contributed by atoms with Crippen molar-refractivity contribution in [3.63, 3.8) is 0 Å². The third-order valence-electron chi connectivity index (χ3n) is 5.85. The Kier molecular flexibility index (Phi) is 4.09. The molecule has 0 saturated carbocycles. The van der Waals surface area contributed by atoms with Gasteiger partial charge in [0.2, 0.25) is 0 Å². The zero-order chi connectivity index (χ0) is 19.1. The van der Waals surface area contributed by atoms with Crippen molar-refractivity contribution in [1.29, 1.82) is 0 Å². The van der Waals surface area contributed by atoms with Gasteiger partial charge in [-0.15, -0.1) is 0 Å². The van der Waals surface area contributed by atoms with Gasteiger partial charge in [0.15, 0.2) is 0 Å². The van der Waals surface area contributed by atoms with Crippen LogP contribution in [-0.4, -0.2) is 48.4 Å². The summed E-state index contributed by atoms with van der Waals surface area (Å²) in [5.41, 5.74) is 4.79. The van der Waals surface area contributed by atoms with Gasteiger partial charge in [0.1, 0.15) is 11.6 Å². The van der Waals surface area contributed by atoms with Crippen molar-refractivity contribution in [3.8, 4) is 17.0 Å². The summed E-state index contributed by atoms with van der Waals surface area (Å²) in [6.45, 7) is 5.28. The van der Waals surface area contributed by atoms with Crippen molar-refractivity contribution in [1.82, 2.24) is 15.1 Å². The summed E-state index contributed by atoms with van der Waals surface area (Å²) >= 11 is 0. The smallest absolute Gasteiger partial charge is 0.123 e. The summed E-state index contributed by atoms with van der Waals surface area (Å²) in [6.07, 6.45) is 1.88. The third-order valence-corrected chi connectivity index (χ3v) is 5.85. The van der Waals surface area contributed by atoms with Crippen LogP contribution < -0.4 is 9.64 Å². The normalized spacial score (nSPS) is 18.0. The van der Waals surface area contributed by atoms with Crippen LogP contribution in [-0.2, 0) is 6.54 Å². The molecule has 1 spiro atoms. The Hall–Kier alpha value is -2.86. The number of hydrogen-bond donors (Lipinski definition) is 1. The van der Waals surface area contributed by atoms with Crippen molar-refractivity contribution in [2.24, 2.45) is 5.41 Å². The molecule has 0 amide bonds. The number of rotatable bonds is 5. The quantitative estimate of drug-likeness (QED) is 0.738. The predicted octanol–water partition coefficient (Wildman–Crippen LogP) is 3.55. The predicted molar refractivity (Wildman–Crippen MR) is 107 cm³/mol. The summed E-state index contributed by atoms with van der Waals surface area (Å²) in [5.74, 6) is 0.673. The molecule has 5 nitrogen and oxygen atoms in total. The number of nitrogens with one attached hydrogen (secondary N) is 1. The number of methoxy groups -OCH3 is 1. The lowest BCUT2D eigenvalue weighted by atomic mass is 9.72. The lowest BCUT2D eigenvalue weighted by molar-refractivity contribution is -0.0272. The second-order valence-corrected chi connectivity index (χ2v) is 7.98. The van der Waals surface area contributed by atoms with Crippen molar-refractivity contribution in [3.05, 3.63) is 66.1 Å². The van der Waals surface area contributed by atoms with Gasteiger partial charge < -0.3 is 9.64 Å². The number of aromatic nitrogens is 2. The Morgan fingerprint density at radius 2 is 1.75 bits per heavy atom. The van der Waals surface area contributed by atoms with Crippen LogP contribution in [0.3, 0.4) is 0 Å². The van der Waals surface area contributed by atoms with E-state index in [1.54, 1.807) is 19.2 Å². The molecule has 0 radical (unpaired) electrons. The molecular weight excluding hydrogens is 355 g/mol. The molecule has 3 aromatic rings. The molecule has 2 aliphatic rings. The number of hydrogen-bond acceptors (Lipinski definition) is 4. The number of ether oxygens (including phenoxy) is 1. The van der Waals surface area contributed by atoms with Gasteiger partial charge in [0.05, 0.1) is 19.0 Å². The monoisotopic (exact) mass is 378 g/mol. The minimum Gasteiger partial charge on any atom is -0.497 e. The topological polar surface area (TPSA) is 44.4 Å². The average molecular weight is 378 g/mol. The highest BCUT2D eigenvalue weighted by Gasteiger charge is 2.51. The zero-order valence-electron chi connectivity index (χ0n) is 15.9. The van der Waals surface area contributed by atoms with Crippen molar-refractivity contribution < 1.29 is 9.13 Å². The summed E-state index contributed by atoms with van der Waals surface area (Å²) < 4.78 is 18.4. The second-order valence-electron chi connectivity index (χ2n) is 7.98. The molecule has 0 atom stereocenters. The number of H-pyrrole nitrogens is 1. The van der Waals surface area contributed by atoms with Crippen molar-refractivity contribution in [2.45, 2.75) is 6.54 Å². The fraction of sp³-hybridized carbons (Fsp3) is 0.318. The molecular formula is C22H23FN4O. The number of benzene rings is 2. The lowest BCUT2D eigenvalue weighted by Crippen LogP contribution is -2.71. The van der Waals surface area contributed by atoms with E-state index in [-0.39, 0.29) is 5.82 Å². The standard InChI is InChI=1S/C22H23FN4O/c1-28-20-8-6-19(7-9-20)27-14-22(15-27)12-26(13-22)11-17-10-24-25-21(17)16-2-4-18(23)5-3-16/h2-10H,11-15H2,1H3,(H,24,25). The number of anilines is 1. The second kappa shape index (κ2) is 6.63. The molecule has 1 aromatic heterocycles. The number of nitrogens with zero attached hydrogens (tertiary/aromatic N) is 3. The van der Waals surface area contributed by atoms with Gasteiger partial charge in [0, 0.05) is 55.0 Å². The Morgan fingerprint density at radius 3 is 2.43 bits per heavy atom. The highest BCUT2D eigenvalue weighted by molar-refractivity contribution is 5.62. The maximum absolute atomic E-state index is 13.2. The summed E-state index contributed by atoms with van der Waals surface area (Å²) in [5, 5.41) is 7.27. The summed E-state index contributed by atoms with van der Waals surface area (Å²) in [6, 6.07) is 14.9. The molecule has 0 bridgehead atoms. The molecule has 2 aromatic carbocycles. The fourth-order valence-corrected chi connectivity index (χ4v) is 4.49. The van der Waals surface area contributed by atoms with E-state index in [4.69, 9.17) is 4.74 Å². The minimum atomic E-state index is -0.221. The molecule has 2 saturated heterocycles. The first-order valence-electron chi connectivity index (χ1n) is 9.54. The molecule has 2 aliphatic heterocycles. The van der Waals surface area contributed by atoms with E-state index in [2.05, 4.69) is 32.1 Å². The van der Waals surface area contributed by atoms with E-state index in [9.17, 15) is 4.39 Å². The van der Waals surface area contributed by atoms with Crippen LogP contribution in [0.1, 0.15) is 5.56 Å². The van der Waals surface area contributed by atoms with Crippen molar-refractivity contribution >= 4 is 5.69 Å². The zero-order valence-corrected chi connectivity index (χ0v) is 15.9. The molecule has 28 heavy (non-hydrogen) atoms. The SMILES string of the molecule is COc1ccc(N2CC3(CN(Cc4cn[nH]c4-c4ccc(F)cc4)C3)C2)cc1. The molecule has 144 valence electrons. The largest absolute Gasteiger partial charge is 0.497 e. The van der Waals surface area contributed by atoms with Gasteiger partial charge in [-0.05, 0) is 48.5 Å². The van der Waals surface area contributed by atoms with E-state index in [1.807, 2.05) is 18.3 Å². The van der Waals surface area contributed by atoms with E-state index in [1.165, 1.54) is 17.8 Å². The van der Waals surface area contributed by atoms with Crippen LogP contribution in [0, 0.1) is 11.2 Å². The molecule has 1 N–H and O–H groups in total. The van der Waals surface area contributed by atoms with Gasteiger partial charge >= 0.3 is 0 Å². The van der Waals surface area contributed by atoms with Crippen molar-refractivity contribution in [2.75, 3.05) is 38.2 Å². The first-order chi connectivity index (χ1) is 13.6. The van der Waals surface area contributed by atoms with E-state index < -0.39 is 0 Å². The average Bonchev–Trinajstić information content (AvgIpc) is 3.11. The van der Waals surface area contributed by atoms with Gasteiger partial charge in [-0.2, -0.15) is 5.10 Å². The van der Waals surface area contributed by atoms with Gasteiger partial charge in [-0.3, -0.25) is 10.00 Å². The van der Waals surface area contributed by atoms with E-state index in [0.29, 0.717) is 5.41 Å². The molecule has 0 aliphatic carbocycles. The molecule has 0 unspecified atom stereocenters.